The summed E-state index contributed by atoms with van der Waals surface area (Å²) in [7, 11) is 1.68. The van der Waals surface area contributed by atoms with Crippen molar-refractivity contribution in [3.63, 3.8) is 0 Å². The zero-order valence-electron chi connectivity index (χ0n) is 17.3. The minimum absolute atomic E-state index is 0.00870. The second-order valence-corrected chi connectivity index (χ2v) is 8.37. The Kier molecular flexibility index (Phi) is 5.86. The van der Waals surface area contributed by atoms with Gasteiger partial charge in [0.2, 0.25) is 5.91 Å². The molecule has 2 aromatic carbocycles. The van der Waals surface area contributed by atoms with Gasteiger partial charge in [-0.15, -0.1) is 0 Å². The standard InChI is InChI=1S/C24H27FN2O3/c1-15(28)26-22-11-19-13-27(14-20(19)12-23(22)30-2)24(29)18-5-3-4-17(10-18)16-6-8-21(25)9-7-16/h3-10,19-20,22-23H,11-14H2,1-2H3,(H,26,28)/t19-,20+,22-,23-/m1/s1. The van der Waals surface area contributed by atoms with Gasteiger partial charge in [-0.25, -0.2) is 4.39 Å². The minimum Gasteiger partial charge on any atom is -0.379 e. The van der Waals surface area contributed by atoms with E-state index in [1.807, 2.05) is 29.2 Å². The van der Waals surface area contributed by atoms with Crippen LogP contribution < -0.4 is 5.32 Å². The number of ether oxygens (including phenoxy) is 1. The molecule has 1 aliphatic heterocycles. The molecule has 2 fully saturated rings. The quantitative estimate of drug-likeness (QED) is 0.839. The van der Waals surface area contributed by atoms with Gasteiger partial charge in [0.25, 0.3) is 5.91 Å². The summed E-state index contributed by atoms with van der Waals surface area (Å²) in [6, 6.07) is 13.8. The number of hydrogen-bond acceptors (Lipinski definition) is 3. The number of rotatable bonds is 4. The van der Waals surface area contributed by atoms with Crippen molar-refractivity contribution in [2.45, 2.75) is 31.9 Å². The molecule has 0 spiro atoms. The smallest absolute Gasteiger partial charge is 0.253 e. The minimum atomic E-state index is -0.280. The fourth-order valence-electron chi connectivity index (χ4n) is 4.91. The van der Waals surface area contributed by atoms with Gasteiger partial charge in [0.15, 0.2) is 0 Å². The van der Waals surface area contributed by atoms with Crippen molar-refractivity contribution in [2.24, 2.45) is 11.8 Å². The van der Waals surface area contributed by atoms with E-state index >= 15 is 0 Å². The largest absolute Gasteiger partial charge is 0.379 e. The first-order valence-electron chi connectivity index (χ1n) is 10.4. The molecule has 4 rings (SSSR count). The number of amides is 2. The summed E-state index contributed by atoms with van der Waals surface area (Å²) in [6.07, 6.45) is 1.64. The van der Waals surface area contributed by atoms with E-state index in [-0.39, 0.29) is 29.8 Å². The molecule has 30 heavy (non-hydrogen) atoms. The maximum atomic E-state index is 13.2. The normalized spacial score (nSPS) is 25.6. The van der Waals surface area contributed by atoms with E-state index in [0.29, 0.717) is 30.5 Å². The Balaban J connectivity index is 1.48. The highest BCUT2D eigenvalue weighted by Crippen LogP contribution is 2.38. The topological polar surface area (TPSA) is 58.6 Å². The van der Waals surface area contributed by atoms with Crippen LogP contribution in [0.2, 0.25) is 0 Å². The molecule has 158 valence electrons. The SMILES string of the molecule is CO[C@@H]1C[C@H]2CN(C(=O)c3cccc(-c4ccc(F)cc4)c3)C[C@H]2C[C@H]1NC(C)=O. The average Bonchev–Trinajstić information content (AvgIpc) is 3.15. The lowest BCUT2D eigenvalue weighted by Crippen LogP contribution is -2.49. The number of likely N-dealkylation sites (tertiary alicyclic amines) is 1. The molecular formula is C24H27FN2O3. The molecular weight excluding hydrogens is 383 g/mol. The van der Waals surface area contributed by atoms with Crippen LogP contribution in [0.15, 0.2) is 48.5 Å². The monoisotopic (exact) mass is 410 g/mol. The number of methoxy groups -OCH3 is 1. The van der Waals surface area contributed by atoms with Crippen molar-refractivity contribution in [3.05, 3.63) is 59.9 Å². The van der Waals surface area contributed by atoms with Crippen molar-refractivity contribution in [1.29, 1.82) is 0 Å². The predicted octanol–water partition coefficient (Wildman–Crippen LogP) is 3.49. The first-order chi connectivity index (χ1) is 14.4. The van der Waals surface area contributed by atoms with E-state index in [1.54, 1.807) is 19.2 Å². The summed E-state index contributed by atoms with van der Waals surface area (Å²) >= 11 is 0. The zero-order chi connectivity index (χ0) is 21.3. The Labute approximate surface area is 176 Å². The molecule has 5 nitrogen and oxygen atoms in total. The molecule has 2 aliphatic rings. The fraction of sp³-hybridized carbons (Fsp3) is 0.417. The van der Waals surface area contributed by atoms with Crippen molar-refractivity contribution < 1.29 is 18.7 Å². The van der Waals surface area contributed by atoms with Crippen LogP contribution in [0.25, 0.3) is 11.1 Å². The molecule has 1 aliphatic carbocycles. The lowest BCUT2D eigenvalue weighted by Gasteiger charge is -2.37. The molecule has 0 aromatic heterocycles. The van der Waals surface area contributed by atoms with Crippen LogP contribution in [0.5, 0.6) is 0 Å². The number of nitrogens with one attached hydrogen (secondary N) is 1. The number of carbonyl (C=O) groups is 2. The zero-order valence-corrected chi connectivity index (χ0v) is 17.3. The molecule has 2 aromatic rings. The Morgan fingerprint density at radius 1 is 1.03 bits per heavy atom. The van der Waals surface area contributed by atoms with Crippen LogP contribution in [0.4, 0.5) is 4.39 Å². The molecule has 1 saturated carbocycles. The third-order valence-electron chi connectivity index (χ3n) is 6.38. The lowest BCUT2D eigenvalue weighted by molar-refractivity contribution is -0.121. The summed E-state index contributed by atoms with van der Waals surface area (Å²) in [5, 5.41) is 3.01. The fourth-order valence-corrected chi connectivity index (χ4v) is 4.91. The van der Waals surface area contributed by atoms with Crippen molar-refractivity contribution in [1.82, 2.24) is 10.2 Å². The molecule has 1 N–H and O–H groups in total. The van der Waals surface area contributed by atoms with E-state index < -0.39 is 0 Å². The number of benzene rings is 2. The Morgan fingerprint density at radius 3 is 2.40 bits per heavy atom. The highest BCUT2D eigenvalue weighted by molar-refractivity contribution is 5.95. The number of fused-ring (bicyclic) bond motifs is 1. The first-order valence-corrected chi connectivity index (χ1v) is 10.4. The summed E-state index contributed by atoms with van der Waals surface area (Å²) in [6.45, 7) is 2.92. The molecule has 4 atom stereocenters. The van der Waals surface area contributed by atoms with Gasteiger partial charge in [0, 0.05) is 32.7 Å². The highest BCUT2D eigenvalue weighted by atomic mass is 19.1. The molecule has 6 heteroatoms. The third-order valence-corrected chi connectivity index (χ3v) is 6.38. The van der Waals surface area contributed by atoms with E-state index in [0.717, 1.165) is 24.0 Å². The Hall–Kier alpha value is -2.73. The molecule has 1 heterocycles. The number of halogens is 1. The maximum absolute atomic E-state index is 13.2. The highest BCUT2D eigenvalue weighted by Gasteiger charge is 2.44. The number of hydrogen-bond donors (Lipinski definition) is 1. The van der Waals surface area contributed by atoms with Gasteiger partial charge < -0.3 is 15.0 Å². The summed E-state index contributed by atoms with van der Waals surface area (Å²) in [5.41, 5.74) is 2.40. The van der Waals surface area contributed by atoms with E-state index in [1.165, 1.54) is 19.1 Å². The molecule has 1 saturated heterocycles. The van der Waals surface area contributed by atoms with Crippen LogP contribution in [0, 0.1) is 17.7 Å². The van der Waals surface area contributed by atoms with Gasteiger partial charge in [0.05, 0.1) is 12.1 Å². The lowest BCUT2D eigenvalue weighted by atomic mass is 9.77. The summed E-state index contributed by atoms with van der Waals surface area (Å²) in [5.74, 6) is 0.418. The predicted molar refractivity (Wildman–Crippen MR) is 112 cm³/mol. The van der Waals surface area contributed by atoms with E-state index in [9.17, 15) is 14.0 Å². The molecule has 2 amide bonds. The van der Waals surface area contributed by atoms with Gasteiger partial charge in [-0.3, -0.25) is 9.59 Å². The second-order valence-electron chi connectivity index (χ2n) is 8.37. The molecule has 0 bridgehead atoms. The summed E-state index contributed by atoms with van der Waals surface area (Å²) in [4.78, 5) is 26.7. The van der Waals surface area contributed by atoms with Crippen molar-refractivity contribution >= 4 is 11.8 Å². The number of carbonyl (C=O) groups excluding carboxylic acids is 2. The van der Waals surface area contributed by atoms with E-state index in [2.05, 4.69) is 5.32 Å². The van der Waals surface area contributed by atoms with Crippen molar-refractivity contribution in [3.8, 4) is 11.1 Å². The molecule has 0 radical (unpaired) electrons. The van der Waals surface area contributed by atoms with Gasteiger partial charge in [-0.05, 0) is 60.1 Å². The van der Waals surface area contributed by atoms with Gasteiger partial charge in [-0.2, -0.15) is 0 Å². The average molecular weight is 410 g/mol. The third kappa shape index (κ3) is 4.24. The Bertz CT molecular complexity index is 930. The van der Waals surface area contributed by atoms with Crippen LogP contribution in [-0.4, -0.2) is 49.1 Å². The first kappa shape index (κ1) is 20.5. The van der Waals surface area contributed by atoms with Gasteiger partial charge >= 0.3 is 0 Å². The van der Waals surface area contributed by atoms with Crippen LogP contribution in [-0.2, 0) is 9.53 Å². The second kappa shape index (κ2) is 8.56. The summed E-state index contributed by atoms with van der Waals surface area (Å²) < 4.78 is 18.8. The van der Waals surface area contributed by atoms with E-state index in [4.69, 9.17) is 4.74 Å². The van der Waals surface area contributed by atoms with Crippen molar-refractivity contribution in [2.75, 3.05) is 20.2 Å². The maximum Gasteiger partial charge on any atom is 0.253 e. The Morgan fingerprint density at radius 2 is 1.73 bits per heavy atom. The van der Waals surface area contributed by atoms with Gasteiger partial charge in [0.1, 0.15) is 5.82 Å². The van der Waals surface area contributed by atoms with Crippen LogP contribution in [0.1, 0.15) is 30.1 Å². The number of nitrogens with zero attached hydrogens (tertiary/aromatic N) is 1. The van der Waals surface area contributed by atoms with Gasteiger partial charge in [-0.1, -0.05) is 24.3 Å². The van der Waals surface area contributed by atoms with Crippen LogP contribution >= 0.6 is 0 Å². The molecule has 0 unspecified atom stereocenters. The van der Waals surface area contributed by atoms with Crippen LogP contribution in [0.3, 0.4) is 0 Å².